The van der Waals surface area contributed by atoms with Gasteiger partial charge in [-0.15, -0.1) is 0 Å². The minimum absolute atomic E-state index is 0.214. The molecule has 0 heterocycles. The van der Waals surface area contributed by atoms with E-state index in [2.05, 4.69) is 12.3 Å². The summed E-state index contributed by atoms with van der Waals surface area (Å²) in [6, 6.07) is 9.75. The average molecular weight is 236 g/mol. The van der Waals surface area contributed by atoms with Crippen molar-refractivity contribution in [3.8, 4) is 0 Å². The lowest BCUT2D eigenvalue weighted by Gasteiger charge is -1.98. The molecule has 96 valence electrons. The lowest BCUT2D eigenvalue weighted by Crippen LogP contribution is -1.97. The quantitative estimate of drug-likeness (QED) is 0.874. The minimum atomic E-state index is 0.214. The van der Waals surface area contributed by atoms with Gasteiger partial charge in [0.25, 0.3) is 0 Å². The number of hydrogen-bond donors (Lipinski definition) is 1. The van der Waals surface area contributed by atoms with Crippen LogP contribution < -0.4 is 5.73 Å². The first kappa shape index (κ1) is 17.8. The number of carbonyl (C=O) groups is 1. The van der Waals surface area contributed by atoms with Crippen molar-refractivity contribution < 1.29 is 4.79 Å². The Kier molecular flexibility index (Phi) is 13.0. The summed E-state index contributed by atoms with van der Waals surface area (Å²) in [5, 5.41) is 0. The summed E-state index contributed by atoms with van der Waals surface area (Å²) in [5.41, 5.74) is 5.59. The molecule has 0 aliphatic carbocycles. The Labute approximate surface area is 105 Å². The fourth-order valence-electron chi connectivity index (χ4n) is 0.883. The second kappa shape index (κ2) is 12.5. The van der Waals surface area contributed by atoms with Gasteiger partial charge in [0, 0.05) is 20.5 Å². The number of benzene rings is 1. The van der Waals surface area contributed by atoms with Crippen LogP contribution in [0.25, 0.3) is 0 Å². The fraction of sp³-hybridized carbons (Fsp3) is 0.357. The van der Waals surface area contributed by atoms with Crippen LogP contribution in [0, 0.1) is 0 Å². The van der Waals surface area contributed by atoms with E-state index < -0.39 is 0 Å². The van der Waals surface area contributed by atoms with Crippen molar-refractivity contribution in [2.45, 2.75) is 13.3 Å². The van der Waals surface area contributed by atoms with E-state index in [0.29, 0.717) is 6.42 Å². The van der Waals surface area contributed by atoms with Gasteiger partial charge in [0.2, 0.25) is 0 Å². The van der Waals surface area contributed by atoms with E-state index in [9.17, 15) is 4.79 Å². The Morgan fingerprint density at radius 2 is 1.71 bits per heavy atom. The highest BCUT2D eigenvalue weighted by Gasteiger charge is 1.93. The van der Waals surface area contributed by atoms with Crippen LogP contribution in [-0.2, 0) is 11.2 Å². The molecular weight excluding hydrogens is 212 g/mol. The van der Waals surface area contributed by atoms with E-state index in [1.165, 1.54) is 7.05 Å². The van der Waals surface area contributed by atoms with Gasteiger partial charge in [-0.2, -0.15) is 0 Å². The molecule has 0 radical (unpaired) electrons. The van der Waals surface area contributed by atoms with Crippen molar-refractivity contribution in [3.05, 3.63) is 48.7 Å². The average Bonchev–Trinajstić information content (AvgIpc) is 2.33. The lowest BCUT2D eigenvalue weighted by atomic mass is 10.1. The number of ketones is 1. The molecule has 2 N–H and O–H groups in total. The number of nitrogens with zero attached hydrogens (tertiary/aromatic N) is 1. The highest BCUT2D eigenvalue weighted by molar-refractivity contribution is 5.78. The maximum absolute atomic E-state index is 10.6. The molecule has 0 atom stereocenters. The van der Waals surface area contributed by atoms with Crippen molar-refractivity contribution in [2.24, 2.45) is 5.73 Å². The monoisotopic (exact) mass is 236 g/mol. The van der Waals surface area contributed by atoms with Crippen molar-refractivity contribution in [3.63, 3.8) is 0 Å². The third-order valence-corrected chi connectivity index (χ3v) is 1.66. The summed E-state index contributed by atoms with van der Waals surface area (Å²) in [6.45, 7) is 5.09. The van der Waals surface area contributed by atoms with Gasteiger partial charge in [-0.05, 0) is 25.7 Å². The maximum Gasteiger partial charge on any atom is 0.134 e. The topological polar surface area (TPSA) is 46.3 Å². The summed E-state index contributed by atoms with van der Waals surface area (Å²) in [5.74, 6) is 0.214. The number of Topliss-reactive ketones (excluding diaryl/α,β-unsaturated/α-hetero) is 1. The maximum atomic E-state index is 10.6. The van der Waals surface area contributed by atoms with Gasteiger partial charge in [0.05, 0.1) is 0 Å². The van der Waals surface area contributed by atoms with Gasteiger partial charge in [-0.1, -0.05) is 36.9 Å². The molecule has 0 aromatic heterocycles. The van der Waals surface area contributed by atoms with Crippen molar-refractivity contribution in [2.75, 3.05) is 21.1 Å². The molecule has 1 aromatic carbocycles. The van der Waals surface area contributed by atoms with Crippen molar-refractivity contribution in [1.29, 1.82) is 0 Å². The van der Waals surface area contributed by atoms with Crippen LogP contribution in [-0.4, -0.2) is 31.8 Å². The van der Waals surface area contributed by atoms with E-state index in [1.54, 1.807) is 13.1 Å². The summed E-state index contributed by atoms with van der Waals surface area (Å²) < 4.78 is 0. The van der Waals surface area contributed by atoms with E-state index in [-0.39, 0.29) is 5.78 Å². The third kappa shape index (κ3) is 14.4. The zero-order chi connectivity index (χ0) is 13.7. The van der Waals surface area contributed by atoms with Crippen LogP contribution in [0.2, 0.25) is 0 Å². The number of carbonyl (C=O) groups excluding carboxylic acids is 1. The molecule has 0 saturated heterocycles. The van der Waals surface area contributed by atoms with Crippen LogP contribution in [0.3, 0.4) is 0 Å². The van der Waals surface area contributed by atoms with Crippen LogP contribution in [0.1, 0.15) is 12.5 Å². The van der Waals surface area contributed by atoms with Crippen molar-refractivity contribution in [1.82, 2.24) is 4.90 Å². The van der Waals surface area contributed by atoms with Crippen LogP contribution in [0.4, 0.5) is 0 Å². The van der Waals surface area contributed by atoms with Crippen molar-refractivity contribution >= 4 is 5.78 Å². The van der Waals surface area contributed by atoms with Gasteiger partial charge < -0.3 is 10.6 Å². The standard InChI is InChI=1S/C9H10O.C4H9N.CH5N/c1-8(10)7-9-5-3-2-4-6-9;1-4-5(2)3;1-2/h2-6H,7H2,1H3;4H,1H2,2-3H3;2H2,1H3. The Bertz CT molecular complexity index is 294. The lowest BCUT2D eigenvalue weighted by molar-refractivity contribution is -0.116. The minimum Gasteiger partial charge on any atom is -0.384 e. The van der Waals surface area contributed by atoms with Crippen LogP contribution in [0.5, 0.6) is 0 Å². The summed E-state index contributed by atoms with van der Waals surface area (Å²) in [4.78, 5) is 12.5. The molecule has 0 fully saturated rings. The molecule has 3 heteroatoms. The molecule has 0 amide bonds. The Balaban J connectivity index is 0. The smallest absolute Gasteiger partial charge is 0.134 e. The molecule has 0 aliphatic rings. The highest BCUT2D eigenvalue weighted by atomic mass is 16.1. The fourth-order valence-corrected chi connectivity index (χ4v) is 0.883. The first-order valence-corrected chi connectivity index (χ1v) is 5.46. The van der Waals surface area contributed by atoms with Gasteiger partial charge in [-0.3, -0.25) is 4.79 Å². The molecule has 0 saturated carbocycles. The van der Waals surface area contributed by atoms with E-state index in [4.69, 9.17) is 0 Å². The predicted molar refractivity (Wildman–Crippen MR) is 74.8 cm³/mol. The summed E-state index contributed by atoms with van der Waals surface area (Å²) >= 11 is 0. The number of hydrogen-bond acceptors (Lipinski definition) is 3. The predicted octanol–water partition coefficient (Wildman–Crippen LogP) is 2.08. The SMILES string of the molecule is C=CN(C)C.CC(=O)Cc1ccccc1.CN. The Hall–Kier alpha value is -1.61. The zero-order valence-electron chi connectivity index (χ0n) is 11.3. The van der Waals surface area contributed by atoms with Gasteiger partial charge in [-0.25, -0.2) is 0 Å². The zero-order valence-corrected chi connectivity index (χ0v) is 11.3. The summed E-state index contributed by atoms with van der Waals surface area (Å²) in [7, 11) is 5.38. The molecule has 1 aromatic rings. The first-order chi connectivity index (χ1) is 8.06. The number of nitrogens with two attached hydrogens (primary N) is 1. The second-order valence-corrected chi connectivity index (χ2v) is 3.51. The Morgan fingerprint density at radius 3 is 2.00 bits per heavy atom. The molecule has 0 bridgehead atoms. The van der Waals surface area contributed by atoms with Crippen LogP contribution >= 0.6 is 0 Å². The molecule has 17 heavy (non-hydrogen) atoms. The largest absolute Gasteiger partial charge is 0.384 e. The molecule has 0 aliphatic heterocycles. The van der Waals surface area contributed by atoms with Crippen LogP contribution in [0.15, 0.2) is 43.1 Å². The molecular formula is C14H24N2O. The summed E-state index contributed by atoms with van der Waals surface area (Å²) in [6.07, 6.45) is 2.31. The van der Waals surface area contributed by atoms with E-state index in [1.807, 2.05) is 49.3 Å². The normalized spacial score (nSPS) is 7.82. The first-order valence-electron chi connectivity index (χ1n) is 5.46. The van der Waals surface area contributed by atoms with Gasteiger partial charge in [0.15, 0.2) is 0 Å². The van der Waals surface area contributed by atoms with Gasteiger partial charge >= 0.3 is 0 Å². The molecule has 3 nitrogen and oxygen atoms in total. The second-order valence-electron chi connectivity index (χ2n) is 3.51. The van der Waals surface area contributed by atoms with Gasteiger partial charge in [0.1, 0.15) is 5.78 Å². The number of rotatable bonds is 3. The highest BCUT2D eigenvalue weighted by Crippen LogP contribution is 1.98. The Morgan fingerprint density at radius 1 is 1.29 bits per heavy atom. The molecule has 0 unspecified atom stereocenters. The molecule has 1 rings (SSSR count). The van der Waals surface area contributed by atoms with E-state index in [0.717, 1.165) is 5.56 Å². The molecule has 0 spiro atoms. The van der Waals surface area contributed by atoms with E-state index >= 15 is 0 Å². The third-order valence-electron chi connectivity index (χ3n) is 1.66.